The maximum atomic E-state index is 14.6. The standard InChI is InChI=1S/C47H59N9O9S2/c1-10-13-38(57)54-21-18-30(25-54)44(59)53(7)40(27(2)3)43(58)49-35-23-37-50-42(52-66-37)29-16-17-36-32(22-29)33(24-47(5,6)26-65-46(61)34-15-12-20-55(51-34)45(35)60)41(56(36)67(9,62)63)31-14-11-19-48-39(31)28(4)64-8/h11,14,16-17,19,22,27-28,30,34-35,40,51H,12,15,18,20-21,23-26H2,1-9H3,(H,49,58)/t28-,30-,34-,35-,40-/m0/s1. The monoisotopic (exact) mass is 957 g/mol. The fraction of sp³-hybridized carbons (Fsp3) is 0.532. The zero-order chi connectivity index (χ0) is 48.5. The average molecular weight is 958 g/mol. The van der Waals surface area contributed by atoms with E-state index >= 15 is 0 Å². The number of methoxy groups -OCH3 is 1. The highest BCUT2D eigenvalue weighted by Gasteiger charge is 2.41. The molecule has 4 aromatic rings. The molecule has 20 heteroatoms. The lowest BCUT2D eigenvalue weighted by Crippen LogP contribution is -2.62. The molecule has 2 N–H and O–H groups in total. The minimum Gasteiger partial charge on any atom is -0.464 e. The van der Waals surface area contributed by atoms with E-state index in [2.05, 4.69) is 27.6 Å². The van der Waals surface area contributed by atoms with Gasteiger partial charge in [-0.25, -0.2) is 22.8 Å². The smallest absolute Gasteiger partial charge is 0.324 e. The van der Waals surface area contributed by atoms with E-state index < -0.39 is 63.4 Å². The van der Waals surface area contributed by atoms with E-state index in [9.17, 15) is 32.4 Å². The SMILES string of the molecule is CC#CC(=O)N1CC[C@H](C(=O)N(C)[C@H](C(=O)N[C@H]2Cc3nc(ns3)-c3ccc4c(c3)c(c(-c3cccnc3[C@H](C)OC)n4S(C)(=O)=O)CC(C)(C)COC(=O)[C@@H]3CCCN(N3)C2=O)C(C)C)C1. The zero-order valence-corrected chi connectivity index (χ0v) is 41.0. The Morgan fingerprint density at radius 3 is 2.58 bits per heavy atom. The van der Waals surface area contributed by atoms with E-state index in [1.165, 1.54) is 18.8 Å². The predicted molar refractivity (Wildman–Crippen MR) is 251 cm³/mol. The molecule has 2 fully saturated rings. The second-order valence-corrected chi connectivity index (χ2v) is 21.4. The molecule has 2 saturated heterocycles. The molecule has 67 heavy (non-hydrogen) atoms. The Bertz CT molecular complexity index is 2760. The Morgan fingerprint density at radius 2 is 1.88 bits per heavy atom. The number of likely N-dealkylation sites (N-methyl/N-ethyl adjacent to an activating group) is 1. The Kier molecular flexibility index (Phi) is 14.6. The molecule has 6 heterocycles. The number of carbonyl (C=O) groups excluding carboxylic acids is 5. The molecule has 7 rings (SSSR count). The normalized spacial score (nSPS) is 21.0. The molecule has 4 amide bonds. The van der Waals surface area contributed by atoms with Gasteiger partial charge in [-0.2, -0.15) is 4.37 Å². The number of ether oxygens (including phenoxy) is 2. The Hall–Kier alpha value is -5.75. The number of nitrogens with zero attached hydrogens (tertiary/aromatic N) is 7. The van der Waals surface area contributed by atoms with Crippen molar-refractivity contribution in [2.24, 2.45) is 17.3 Å². The summed E-state index contributed by atoms with van der Waals surface area (Å²) in [4.78, 5) is 81.7. The lowest BCUT2D eigenvalue weighted by Gasteiger charge is -2.36. The van der Waals surface area contributed by atoms with Crippen LogP contribution < -0.4 is 10.7 Å². The summed E-state index contributed by atoms with van der Waals surface area (Å²) in [6, 6.07) is 5.82. The van der Waals surface area contributed by atoms with Crippen molar-refractivity contribution in [3.63, 3.8) is 0 Å². The van der Waals surface area contributed by atoms with Gasteiger partial charge in [-0.15, -0.1) is 0 Å². The molecule has 3 aromatic heterocycles. The zero-order valence-electron chi connectivity index (χ0n) is 39.4. The number of likely N-dealkylation sites (tertiary alicyclic amines) is 1. The number of rotatable bonds is 9. The third-order valence-electron chi connectivity index (χ3n) is 12.6. The van der Waals surface area contributed by atoms with Crippen molar-refractivity contribution in [3.05, 3.63) is 52.8 Å². The van der Waals surface area contributed by atoms with Gasteiger partial charge in [-0.3, -0.25) is 34.0 Å². The molecular formula is C47H59N9O9S2. The molecule has 5 atom stereocenters. The number of pyridine rings is 1. The van der Waals surface area contributed by atoms with Crippen LogP contribution in [0.4, 0.5) is 0 Å². The van der Waals surface area contributed by atoms with Crippen molar-refractivity contribution >= 4 is 62.1 Å². The maximum Gasteiger partial charge on any atom is 0.324 e. The van der Waals surface area contributed by atoms with Crippen LogP contribution in [-0.2, 0) is 56.3 Å². The summed E-state index contributed by atoms with van der Waals surface area (Å²) < 4.78 is 45.6. The molecule has 3 aliphatic rings. The number of fused-ring (bicyclic) bond motifs is 6. The molecular weight excluding hydrogens is 899 g/mol. The Balaban J connectivity index is 1.29. The lowest BCUT2D eigenvalue weighted by molar-refractivity contribution is -0.155. The van der Waals surface area contributed by atoms with Gasteiger partial charge in [0.1, 0.15) is 23.1 Å². The van der Waals surface area contributed by atoms with Crippen LogP contribution in [0.3, 0.4) is 0 Å². The molecule has 18 nitrogen and oxygen atoms in total. The highest BCUT2D eigenvalue weighted by atomic mass is 32.2. The van der Waals surface area contributed by atoms with Gasteiger partial charge in [-0.05, 0) is 98.8 Å². The number of carbonyl (C=O) groups is 5. The minimum absolute atomic E-state index is 0.0441. The highest BCUT2D eigenvalue weighted by Crippen LogP contribution is 2.42. The van der Waals surface area contributed by atoms with E-state index in [4.69, 9.17) is 18.8 Å². The van der Waals surface area contributed by atoms with Crippen LogP contribution in [-0.4, -0.2) is 136 Å². The summed E-state index contributed by atoms with van der Waals surface area (Å²) in [5, 5.41) is 5.32. The van der Waals surface area contributed by atoms with Crippen LogP contribution >= 0.6 is 11.5 Å². The van der Waals surface area contributed by atoms with Gasteiger partial charge in [0, 0.05) is 68.3 Å². The van der Waals surface area contributed by atoms with Crippen molar-refractivity contribution in [1.82, 2.24) is 43.9 Å². The number of cyclic esters (lactones) is 1. The Morgan fingerprint density at radius 1 is 1.12 bits per heavy atom. The summed E-state index contributed by atoms with van der Waals surface area (Å²) in [6.45, 7) is 11.7. The summed E-state index contributed by atoms with van der Waals surface area (Å²) >= 11 is 1.06. The van der Waals surface area contributed by atoms with Crippen LogP contribution in [0.25, 0.3) is 33.5 Å². The van der Waals surface area contributed by atoms with Crippen LogP contribution in [0.15, 0.2) is 36.5 Å². The van der Waals surface area contributed by atoms with Gasteiger partial charge in [0.25, 0.3) is 11.8 Å². The number of hydrogen-bond acceptors (Lipinski definition) is 14. The van der Waals surface area contributed by atoms with E-state index in [1.807, 2.05) is 46.8 Å². The van der Waals surface area contributed by atoms with Gasteiger partial charge in [0.15, 0.2) is 5.82 Å². The van der Waals surface area contributed by atoms with Gasteiger partial charge < -0.3 is 24.6 Å². The number of amides is 4. The maximum absolute atomic E-state index is 14.6. The van der Waals surface area contributed by atoms with Crippen LogP contribution in [0, 0.1) is 29.1 Å². The van der Waals surface area contributed by atoms with Gasteiger partial charge >= 0.3 is 5.97 Å². The fourth-order valence-corrected chi connectivity index (χ4v) is 11.0. The number of hydrogen-bond donors (Lipinski definition) is 2. The highest BCUT2D eigenvalue weighted by molar-refractivity contribution is 7.89. The van der Waals surface area contributed by atoms with Crippen molar-refractivity contribution in [1.29, 1.82) is 0 Å². The summed E-state index contributed by atoms with van der Waals surface area (Å²) in [5.74, 6) is 2.26. The lowest BCUT2D eigenvalue weighted by atomic mass is 9.84. The molecule has 0 aliphatic carbocycles. The van der Waals surface area contributed by atoms with E-state index in [0.29, 0.717) is 75.6 Å². The van der Waals surface area contributed by atoms with Crippen molar-refractivity contribution in [2.45, 2.75) is 97.9 Å². The molecule has 6 bridgehead atoms. The number of nitrogens with one attached hydrogen (secondary N) is 2. The minimum atomic E-state index is -3.95. The molecule has 0 unspecified atom stereocenters. The number of benzene rings is 1. The summed E-state index contributed by atoms with van der Waals surface area (Å²) in [6.07, 6.45) is 3.77. The van der Waals surface area contributed by atoms with Gasteiger partial charge in [0.2, 0.25) is 21.8 Å². The van der Waals surface area contributed by atoms with E-state index in [1.54, 1.807) is 45.5 Å². The first kappa shape index (κ1) is 49.2. The number of esters is 1. The molecule has 1 aromatic carbocycles. The van der Waals surface area contributed by atoms with Crippen LogP contribution in [0.2, 0.25) is 0 Å². The third kappa shape index (κ3) is 10.4. The second kappa shape index (κ2) is 19.8. The fourth-order valence-electron chi connectivity index (χ4n) is 9.28. The molecule has 358 valence electrons. The topological polar surface area (TPSA) is 215 Å². The van der Waals surface area contributed by atoms with Gasteiger partial charge in [-0.1, -0.05) is 33.6 Å². The summed E-state index contributed by atoms with van der Waals surface area (Å²) in [7, 11) is -0.833. The predicted octanol–water partition coefficient (Wildman–Crippen LogP) is 3.74. The molecule has 0 spiro atoms. The van der Waals surface area contributed by atoms with Crippen molar-refractivity contribution in [2.75, 3.05) is 46.7 Å². The number of aromatic nitrogens is 4. The molecule has 3 aliphatic heterocycles. The van der Waals surface area contributed by atoms with Crippen LogP contribution in [0.1, 0.15) is 83.2 Å². The van der Waals surface area contributed by atoms with E-state index in [-0.39, 0.29) is 50.3 Å². The summed E-state index contributed by atoms with van der Waals surface area (Å²) in [5.41, 5.74) is 5.52. The van der Waals surface area contributed by atoms with Gasteiger partial charge in [0.05, 0.1) is 41.8 Å². The first-order chi connectivity index (χ1) is 31.7. The Labute approximate surface area is 395 Å². The van der Waals surface area contributed by atoms with Crippen molar-refractivity contribution in [3.8, 4) is 34.5 Å². The first-order valence-electron chi connectivity index (χ1n) is 22.4. The first-order valence-corrected chi connectivity index (χ1v) is 25.1. The van der Waals surface area contributed by atoms with Crippen LogP contribution in [0.5, 0.6) is 0 Å². The largest absolute Gasteiger partial charge is 0.464 e. The number of hydrazine groups is 1. The average Bonchev–Trinajstić information content (AvgIpc) is 4.05. The third-order valence-corrected chi connectivity index (χ3v) is 14.4. The second-order valence-electron chi connectivity index (χ2n) is 18.7. The molecule has 0 radical (unpaired) electrons. The van der Waals surface area contributed by atoms with Crippen molar-refractivity contribution < 1.29 is 41.9 Å². The van der Waals surface area contributed by atoms with E-state index in [0.717, 1.165) is 17.8 Å². The molecule has 0 saturated carbocycles. The quantitative estimate of drug-likeness (QED) is 0.181.